The summed E-state index contributed by atoms with van der Waals surface area (Å²) in [5, 5.41) is 3.40. The topological polar surface area (TPSA) is 84.7 Å². The SMILES string of the molecule is Cc1ccc(N(C2CCCC2)S(=O)(=O)c2ccc(NCC3CCOCC3)c(N)c2)c(C)c1. The number of sulfonamides is 1. The fourth-order valence-electron chi connectivity index (χ4n) is 4.89. The lowest BCUT2D eigenvalue weighted by atomic mass is 10.0. The third-order valence-electron chi connectivity index (χ3n) is 6.75. The van der Waals surface area contributed by atoms with E-state index in [9.17, 15) is 8.42 Å². The molecule has 6 nitrogen and oxygen atoms in total. The van der Waals surface area contributed by atoms with Crippen LogP contribution in [0.15, 0.2) is 41.3 Å². The van der Waals surface area contributed by atoms with Gasteiger partial charge in [-0.05, 0) is 75.3 Å². The fourth-order valence-corrected chi connectivity index (χ4v) is 6.70. The minimum absolute atomic E-state index is 0.0195. The molecular weight excluding hydrogens is 422 g/mol. The molecule has 3 N–H and O–H groups in total. The van der Waals surface area contributed by atoms with Gasteiger partial charge in [0, 0.05) is 25.8 Å². The minimum Gasteiger partial charge on any atom is -0.397 e. The van der Waals surface area contributed by atoms with Crippen LogP contribution in [0.5, 0.6) is 0 Å². The lowest BCUT2D eigenvalue weighted by Gasteiger charge is -2.32. The molecule has 2 aromatic carbocycles. The number of anilines is 3. The van der Waals surface area contributed by atoms with Gasteiger partial charge in [0.2, 0.25) is 0 Å². The summed E-state index contributed by atoms with van der Waals surface area (Å²) in [6, 6.07) is 11.0. The number of hydrogen-bond donors (Lipinski definition) is 2. The van der Waals surface area contributed by atoms with Gasteiger partial charge in [0.15, 0.2) is 0 Å². The number of nitrogen functional groups attached to an aromatic ring is 1. The quantitative estimate of drug-likeness (QED) is 0.580. The van der Waals surface area contributed by atoms with Gasteiger partial charge in [-0.15, -0.1) is 0 Å². The van der Waals surface area contributed by atoms with E-state index in [0.717, 1.165) is 80.8 Å². The molecule has 0 amide bonds. The van der Waals surface area contributed by atoms with Gasteiger partial charge < -0.3 is 15.8 Å². The van der Waals surface area contributed by atoms with Gasteiger partial charge in [-0.2, -0.15) is 0 Å². The van der Waals surface area contributed by atoms with E-state index in [2.05, 4.69) is 5.32 Å². The first-order valence-electron chi connectivity index (χ1n) is 11.7. The minimum atomic E-state index is -3.74. The Kier molecular flexibility index (Phi) is 6.96. The van der Waals surface area contributed by atoms with Crippen molar-refractivity contribution in [3.05, 3.63) is 47.5 Å². The van der Waals surface area contributed by atoms with Crippen LogP contribution in [-0.2, 0) is 14.8 Å². The summed E-state index contributed by atoms with van der Waals surface area (Å²) >= 11 is 0. The predicted octanol–water partition coefficient (Wildman–Crippen LogP) is 4.86. The molecule has 4 rings (SSSR count). The molecule has 2 aliphatic rings. The van der Waals surface area contributed by atoms with Crippen molar-refractivity contribution in [2.24, 2.45) is 5.92 Å². The largest absolute Gasteiger partial charge is 0.397 e. The second kappa shape index (κ2) is 9.71. The smallest absolute Gasteiger partial charge is 0.264 e. The zero-order valence-corrected chi connectivity index (χ0v) is 20.0. The van der Waals surface area contributed by atoms with Crippen LogP contribution in [-0.4, -0.2) is 34.2 Å². The van der Waals surface area contributed by atoms with E-state index in [1.807, 2.05) is 32.0 Å². The molecule has 2 fully saturated rings. The van der Waals surface area contributed by atoms with Gasteiger partial charge in [-0.1, -0.05) is 30.5 Å². The van der Waals surface area contributed by atoms with E-state index in [4.69, 9.17) is 10.5 Å². The van der Waals surface area contributed by atoms with Crippen molar-refractivity contribution < 1.29 is 13.2 Å². The molecule has 0 bridgehead atoms. The second-order valence-electron chi connectivity index (χ2n) is 9.21. The standard InChI is InChI=1S/C25H35N3O3S/c1-18-7-10-25(19(2)15-18)28(21-5-3-4-6-21)32(29,30)22-8-9-24(23(26)16-22)27-17-20-11-13-31-14-12-20/h7-10,15-16,20-21,27H,3-6,11-14,17,26H2,1-2H3. The van der Waals surface area contributed by atoms with Crippen LogP contribution >= 0.6 is 0 Å². The Hall–Kier alpha value is -2.25. The van der Waals surface area contributed by atoms with Crippen molar-refractivity contribution in [1.29, 1.82) is 0 Å². The number of aryl methyl sites for hydroxylation is 2. The molecule has 1 saturated carbocycles. The number of nitrogens with zero attached hydrogens (tertiary/aromatic N) is 1. The van der Waals surface area contributed by atoms with E-state index in [1.54, 1.807) is 22.5 Å². The van der Waals surface area contributed by atoms with Gasteiger partial charge in [0.05, 0.1) is 22.0 Å². The monoisotopic (exact) mass is 457 g/mol. The summed E-state index contributed by atoms with van der Waals surface area (Å²) in [6.45, 7) is 6.43. The Morgan fingerprint density at radius 3 is 2.41 bits per heavy atom. The highest BCUT2D eigenvalue weighted by Gasteiger charge is 2.34. The van der Waals surface area contributed by atoms with Crippen LogP contribution in [0.2, 0.25) is 0 Å². The zero-order valence-electron chi connectivity index (χ0n) is 19.1. The van der Waals surface area contributed by atoms with Crippen molar-refractivity contribution in [2.75, 3.05) is 35.1 Å². The molecule has 1 heterocycles. The van der Waals surface area contributed by atoms with Crippen LogP contribution in [0.4, 0.5) is 17.1 Å². The lowest BCUT2D eigenvalue weighted by molar-refractivity contribution is 0.0699. The van der Waals surface area contributed by atoms with Crippen LogP contribution in [0, 0.1) is 19.8 Å². The summed E-state index contributed by atoms with van der Waals surface area (Å²) in [4.78, 5) is 0.249. The van der Waals surface area contributed by atoms with Crippen LogP contribution in [0.25, 0.3) is 0 Å². The maximum absolute atomic E-state index is 13.9. The molecule has 174 valence electrons. The Bertz CT molecular complexity index is 1040. The van der Waals surface area contributed by atoms with Crippen molar-refractivity contribution in [3.8, 4) is 0 Å². The molecule has 0 aromatic heterocycles. The molecule has 32 heavy (non-hydrogen) atoms. The van der Waals surface area contributed by atoms with Crippen LogP contribution < -0.4 is 15.4 Å². The number of benzene rings is 2. The summed E-state index contributed by atoms with van der Waals surface area (Å²) in [6.07, 6.45) is 5.94. The highest BCUT2D eigenvalue weighted by atomic mass is 32.2. The molecule has 7 heteroatoms. The fraction of sp³-hybridized carbons (Fsp3) is 0.520. The zero-order chi connectivity index (χ0) is 22.7. The second-order valence-corrected chi connectivity index (χ2v) is 11.0. The average Bonchev–Trinajstić information content (AvgIpc) is 3.29. The maximum Gasteiger partial charge on any atom is 0.264 e. The number of nitrogens with one attached hydrogen (secondary N) is 1. The lowest BCUT2D eigenvalue weighted by Crippen LogP contribution is -2.39. The summed E-state index contributed by atoms with van der Waals surface area (Å²) in [7, 11) is -3.74. The highest BCUT2D eigenvalue weighted by Crippen LogP contribution is 2.36. The number of nitrogens with two attached hydrogens (primary N) is 1. The molecule has 1 saturated heterocycles. The molecule has 1 aliphatic carbocycles. The molecule has 0 spiro atoms. The Morgan fingerprint density at radius 2 is 1.75 bits per heavy atom. The first-order valence-corrected chi connectivity index (χ1v) is 13.1. The Labute approximate surface area is 192 Å². The molecule has 0 radical (unpaired) electrons. The van der Waals surface area contributed by atoms with E-state index < -0.39 is 10.0 Å². The van der Waals surface area contributed by atoms with Crippen molar-refractivity contribution in [1.82, 2.24) is 0 Å². The third kappa shape index (κ3) is 4.89. The van der Waals surface area contributed by atoms with Gasteiger partial charge >= 0.3 is 0 Å². The van der Waals surface area contributed by atoms with Crippen molar-refractivity contribution in [2.45, 2.75) is 63.3 Å². The molecule has 0 atom stereocenters. The Morgan fingerprint density at radius 1 is 1.03 bits per heavy atom. The number of ether oxygens (including phenoxy) is 1. The molecular formula is C25H35N3O3S. The average molecular weight is 458 g/mol. The van der Waals surface area contributed by atoms with Gasteiger partial charge in [-0.25, -0.2) is 8.42 Å². The van der Waals surface area contributed by atoms with Gasteiger partial charge in [0.1, 0.15) is 0 Å². The van der Waals surface area contributed by atoms with Gasteiger partial charge in [-0.3, -0.25) is 4.31 Å². The van der Waals surface area contributed by atoms with Crippen LogP contribution in [0.3, 0.4) is 0 Å². The molecule has 2 aromatic rings. The first-order chi connectivity index (χ1) is 15.4. The summed E-state index contributed by atoms with van der Waals surface area (Å²) in [5.41, 5.74) is 10.4. The van der Waals surface area contributed by atoms with Crippen molar-refractivity contribution >= 4 is 27.1 Å². The highest BCUT2D eigenvalue weighted by molar-refractivity contribution is 7.92. The third-order valence-corrected chi connectivity index (χ3v) is 8.61. The van der Waals surface area contributed by atoms with E-state index in [-0.39, 0.29) is 10.9 Å². The van der Waals surface area contributed by atoms with Crippen LogP contribution in [0.1, 0.15) is 49.7 Å². The number of hydrogen-bond acceptors (Lipinski definition) is 5. The Balaban J connectivity index is 1.61. The predicted molar refractivity (Wildman–Crippen MR) is 131 cm³/mol. The van der Waals surface area contributed by atoms with E-state index in [0.29, 0.717) is 11.6 Å². The number of rotatable bonds is 7. The summed E-state index contributed by atoms with van der Waals surface area (Å²) < 4.78 is 34.8. The molecule has 0 unspecified atom stereocenters. The molecule has 1 aliphatic heterocycles. The summed E-state index contributed by atoms with van der Waals surface area (Å²) in [5.74, 6) is 0.550. The normalized spacial score (nSPS) is 18.1. The van der Waals surface area contributed by atoms with Gasteiger partial charge in [0.25, 0.3) is 10.0 Å². The van der Waals surface area contributed by atoms with E-state index in [1.165, 1.54) is 0 Å². The van der Waals surface area contributed by atoms with E-state index >= 15 is 0 Å². The van der Waals surface area contributed by atoms with Crippen molar-refractivity contribution in [3.63, 3.8) is 0 Å². The maximum atomic E-state index is 13.9. The first kappa shape index (κ1) is 22.9.